The highest BCUT2D eigenvalue weighted by atomic mass is 19.4. The van der Waals surface area contributed by atoms with E-state index in [0.29, 0.717) is 0 Å². The minimum Gasteiger partial charge on any atom is -0.465 e. The monoisotopic (exact) mass is 284 g/mol. The van der Waals surface area contributed by atoms with Gasteiger partial charge in [0.25, 0.3) is 0 Å². The second-order valence-corrected chi connectivity index (χ2v) is 4.12. The fraction of sp³-hybridized carbons (Fsp3) is 0.231. The lowest BCUT2D eigenvalue weighted by atomic mass is 10.0. The van der Waals surface area contributed by atoms with Crippen LogP contribution in [-0.4, -0.2) is 22.9 Å². The number of nitrogens with zero attached hydrogens (tertiary/aromatic N) is 2. The molecule has 7 heteroatoms. The van der Waals surface area contributed by atoms with Crippen LogP contribution >= 0.6 is 0 Å². The van der Waals surface area contributed by atoms with Gasteiger partial charge in [-0.3, -0.25) is 4.68 Å². The second-order valence-electron chi connectivity index (χ2n) is 4.12. The molecule has 20 heavy (non-hydrogen) atoms. The Bertz CT molecular complexity index is 647. The van der Waals surface area contributed by atoms with Crippen LogP contribution in [0.1, 0.15) is 15.9 Å². The van der Waals surface area contributed by atoms with Crippen molar-refractivity contribution in [2.24, 2.45) is 7.05 Å². The normalized spacial score (nSPS) is 11.4. The molecular weight excluding hydrogens is 273 g/mol. The van der Waals surface area contributed by atoms with Crippen molar-refractivity contribution in [1.82, 2.24) is 9.78 Å². The van der Waals surface area contributed by atoms with Gasteiger partial charge in [0.2, 0.25) is 0 Å². The lowest BCUT2D eigenvalue weighted by molar-refractivity contribution is -0.137. The Balaban J connectivity index is 2.63. The van der Waals surface area contributed by atoms with Crippen molar-refractivity contribution >= 4 is 5.97 Å². The van der Waals surface area contributed by atoms with Crippen LogP contribution in [0.3, 0.4) is 0 Å². The molecule has 0 spiro atoms. The third kappa shape index (κ3) is 2.66. The van der Waals surface area contributed by atoms with Crippen molar-refractivity contribution in [2.45, 2.75) is 6.18 Å². The van der Waals surface area contributed by atoms with Gasteiger partial charge in [-0.25, -0.2) is 4.79 Å². The predicted octanol–water partition coefficient (Wildman–Crippen LogP) is 2.89. The van der Waals surface area contributed by atoms with Gasteiger partial charge in [0.05, 0.1) is 23.9 Å². The van der Waals surface area contributed by atoms with Crippen LogP contribution in [0.15, 0.2) is 30.5 Å². The molecule has 0 fully saturated rings. The van der Waals surface area contributed by atoms with E-state index in [1.54, 1.807) is 7.05 Å². The van der Waals surface area contributed by atoms with Gasteiger partial charge >= 0.3 is 12.1 Å². The highest BCUT2D eigenvalue weighted by Crippen LogP contribution is 2.37. The molecule has 0 atom stereocenters. The summed E-state index contributed by atoms with van der Waals surface area (Å²) in [4.78, 5) is 11.4. The van der Waals surface area contributed by atoms with E-state index in [4.69, 9.17) is 0 Å². The molecule has 0 amide bonds. The zero-order chi connectivity index (χ0) is 14.9. The standard InChI is InChI=1S/C13H11F3N2O2/c1-18-6-5-11(17-18)9-7-8(12(19)20-2)3-4-10(9)13(14,15)16/h3-7H,1-2H3. The van der Waals surface area contributed by atoms with Crippen molar-refractivity contribution in [1.29, 1.82) is 0 Å². The third-order valence-electron chi connectivity index (χ3n) is 2.74. The number of aromatic nitrogens is 2. The van der Waals surface area contributed by atoms with Crippen LogP contribution < -0.4 is 0 Å². The number of hydrogen-bond acceptors (Lipinski definition) is 3. The smallest absolute Gasteiger partial charge is 0.417 e. The summed E-state index contributed by atoms with van der Waals surface area (Å²) in [6.45, 7) is 0. The van der Waals surface area contributed by atoms with Crippen LogP contribution in [0.2, 0.25) is 0 Å². The minimum atomic E-state index is -4.53. The number of ether oxygens (including phenoxy) is 1. The molecule has 0 aliphatic heterocycles. The molecule has 0 N–H and O–H groups in total. The molecule has 0 unspecified atom stereocenters. The molecule has 0 aliphatic carbocycles. The Morgan fingerprint density at radius 2 is 2.00 bits per heavy atom. The fourth-order valence-corrected chi connectivity index (χ4v) is 1.81. The largest absolute Gasteiger partial charge is 0.465 e. The first kappa shape index (κ1) is 14.1. The quantitative estimate of drug-likeness (QED) is 0.796. The molecule has 1 aromatic heterocycles. The van der Waals surface area contributed by atoms with E-state index in [0.717, 1.165) is 18.2 Å². The first-order valence-electron chi connectivity index (χ1n) is 5.62. The summed E-state index contributed by atoms with van der Waals surface area (Å²) < 4.78 is 44.9. The molecule has 106 valence electrons. The Morgan fingerprint density at radius 3 is 2.50 bits per heavy atom. The van der Waals surface area contributed by atoms with Gasteiger partial charge in [0, 0.05) is 18.8 Å². The maximum absolute atomic E-state index is 13.0. The average molecular weight is 284 g/mol. The number of rotatable bonds is 2. The highest BCUT2D eigenvalue weighted by molar-refractivity contribution is 5.91. The summed E-state index contributed by atoms with van der Waals surface area (Å²) in [6, 6.07) is 4.53. The summed E-state index contributed by atoms with van der Waals surface area (Å²) in [5.74, 6) is -0.698. The average Bonchev–Trinajstić information content (AvgIpc) is 2.82. The van der Waals surface area contributed by atoms with Crippen LogP contribution in [-0.2, 0) is 18.0 Å². The van der Waals surface area contributed by atoms with Crippen LogP contribution in [0, 0.1) is 0 Å². The van der Waals surface area contributed by atoms with E-state index < -0.39 is 17.7 Å². The lowest BCUT2D eigenvalue weighted by Crippen LogP contribution is -2.10. The first-order chi connectivity index (χ1) is 9.32. The maximum Gasteiger partial charge on any atom is 0.417 e. The third-order valence-corrected chi connectivity index (χ3v) is 2.74. The zero-order valence-electron chi connectivity index (χ0n) is 10.7. The molecule has 0 bridgehead atoms. The van der Waals surface area contributed by atoms with Crippen molar-refractivity contribution in [3.63, 3.8) is 0 Å². The van der Waals surface area contributed by atoms with E-state index in [2.05, 4.69) is 9.84 Å². The van der Waals surface area contributed by atoms with Crippen LogP contribution in [0.5, 0.6) is 0 Å². The first-order valence-corrected chi connectivity index (χ1v) is 5.62. The molecule has 4 nitrogen and oxygen atoms in total. The number of halogens is 3. The van der Waals surface area contributed by atoms with Crippen molar-refractivity contribution in [2.75, 3.05) is 7.11 Å². The fourth-order valence-electron chi connectivity index (χ4n) is 1.81. The molecule has 0 radical (unpaired) electrons. The Hall–Kier alpha value is -2.31. The van der Waals surface area contributed by atoms with Crippen molar-refractivity contribution in [3.05, 3.63) is 41.6 Å². The minimum absolute atomic E-state index is 0.0427. The number of methoxy groups -OCH3 is 1. The van der Waals surface area contributed by atoms with E-state index in [1.165, 1.54) is 24.1 Å². The Kier molecular flexibility index (Phi) is 3.52. The number of aryl methyl sites for hydroxylation is 1. The second kappa shape index (κ2) is 4.99. The van der Waals surface area contributed by atoms with Gasteiger partial charge in [-0.1, -0.05) is 0 Å². The van der Waals surface area contributed by atoms with Gasteiger partial charge in [-0.05, 0) is 24.3 Å². The van der Waals surface area contributed by atoms with E-state index in [-0.39, 0.29) is 16.8 Å². The van der Waals surface area contributed by atoms with Gasteiger partial charge in [-0.15, -0.1) is 0 Å². The summed E-state index contributed by atoms with van der Waals surface area (Å²) in [7, 11) is 2.77. The Morgan fingerprint density at radius 1 is 1.30 bits per heavy atom. The van der Waals surface area contributed by atoms with Gasteiger partial charge < -0.3 is 4.74 Å². The summed E-state index contributed by atoms with van der Waals surface area (Å²) in [5.41, 5.74) is -0.809. The molecule has 1 heterocycles. The number of esters is 1. The maximum atomic E-state index is 13.0. The SMILES string of the molecule is COC(=O)c1ccc(C(F)(F)F)c(-c2ccn(C)n2)c1. The topological polar surface area (TPSA) is 44.1 Å². The van der Waals surface area contributed by atoms with Gasteiger partial charge in [0.1, 0.15) is 0 Å². The van der Waals surface area contributed by atoms with E-state index in [9.17, 15) is 18.0 Å². The summed E-state index contributed by atoms with van der Waals surface area (Å²) >= 11 is 0. The van der Waals surface area contributed by atoms with Gasteiger partial charge in [0.15, 0.2) is 0 Å². The molecule has 0 aliphatic rings. The summed E-state index contributed by atoms with van der Waals surface area (Å²) in [6.07, 6.45) is -3.00. The lowest BCUT2D eigenvalue weighted by Gasteiger charge is -2.12. The number of alkyl halides is 3. The van der Waals surface area contributed by atoms with Crippen LogP contribution in [0.4, 0.5) is 13.2 Å². The molecule has 0 saturated carbocycles. The predicted molar refractivity (Wildman–Crippen MR) is 65.0 cm³/mol. The number of benzene rings is 1. The highest BCUT2D eigenvalue weighted by Gasteiger charge is 2.34. The number of carbonyl (C=O) groups excluding carboxylic acids is 1. The number of hydrogen-bond donors (Lipinski definition) is 0. The van der Waals surface area contributed by atoms with E-state index >= 15 is 0 Å². The van der Waals surface area contributed by atoms with Crippen molar-refractivity contribution in [3.8, 4) is 11.3 Å². The van der Waals surface area contributed by atoms with E-state index in [1.807, 2.05) is 0 Å². The summed E-state index contributed by atoms with van der Waals surface area (Å²) in [5, 5.41) is 3.95. The molecule has 2 aromatic rings. The van der Waals surface area contributed by atoms with Crippen LogP contribution in [0.25, 0.3) is 11.3 Å². The Labute approximate surface area is 112 Å². The number of carbonyl (C=O) groups is 1. The zero-order valence-corrected chi connectivity index (χ0v) is 10.7. The molecular formula is C13H11F3N2O2. The molecule has 1 aromatic carbocycles. The van der Waals surface area contributed by atoms with Gasteiger partial charge in [-0.2, -0.15) is 18.3 Å². The molecule has 2 rings (SSSR count). The van der Waals surface area contributed by atoms with Crippen molar-refractivity contribution < 1.29 is 22.7 Å². The molecule has 0 saturated heterocycles.